The van der Waals surface area contributed by atoms with Gasteiger partial charge in [-0.1, -0.05) is 23.9 Å². The van der Waals surface area contributed by atoms with Gasteiger partial charge in [-0.3, -0.25) is 9.89 Å². The molecule has 2 aromatic heterocycles. The first-order chi connectivity index (χ1) is 16.9. The van der Waals surface area contributed by atoms with Gasteiger partial charge in [0.25, 0.3) is 5.91 Å². The van der Waals surface area contributed by atoms with Crippen LogP contribution in [0.5, 0.6) is 11.5 Å². The second-order valence-corrected chi connectivity index (χ2v) is 9.96. The van der Waals surface area contributed by atoms with E-state index in [1.807, 2.05) is 52.0 Å². The van der Waals surface area contributed by atoms with E-state index in [9.17, 15) is 4.79 Å². The van der Waals surface area contributed by atoms with Crippen LogP contribution in [0.1, 0.15) is 50.9 Å². The largest absolute Gasteiger partial charge is 0.456 e. The normalized spacial score (nSPS) is 16.1. The van der Waals surface area contributed by atoms with Gasteiger partial charge in [0.1, 0.15) is 16.9 Å². The number of nitrogens with one attached hydrogen (secondary N) is 4. The maximum Gasteiger partial charge on any atom is 0.256 e. The van der Waals surface area contributed by atoms with Crippen molar-refractivity contribution in [3.05, 3.63) is 63.7 Å². The molecule has 3 aromatic rings. The number of allylic oxidation sites excluding steroid dienone is 3. The number of rotatable bonds is 8. The molecule has 4 rings (SSSR count). The quantitative estimate of drug-likeness (QED) is 0.327. The average Bonchev–Trinajstić information content (AvgIpc) is 3.28. The number of nitrogens with zero attached hydrogens (tertiary/aromatic N) is 2. The fourth-order valence-electron chi connectivity index (χ4n) is 3.76. The van der Waals surface area contributed by atoms with E-state index in [-0.39, 0.29) is 5.91 Å². The minimum atomic E-state index is -0.182. The zero-order valence-electron chi connectivity index (χ0n) is 20.6. The lowest BCUT2D eigenvalue weighted by atomic mass is 10.1. The summed E-state index contributed by atoms with van der Waals surface area (Å²) in [6, 6.07) is 9.28. The monoisotopic (exact) mass is 492 g/mol. The topological polar surface area (TPSA) is 104 Å². The van der Waals surface area contributed by atoms with Crippen LogP contribution in [-0.4, -0.2) is 40.2 Å². The van der Waals surface area contributed by atoms with E-state index in [1.54, 1.807) is 30.1 Å². The summed E-state index contributed by atoms with van der Waals surface area (Å²) < 4.78 is 6.24. The Morgan fingerprint density at radius 2 is 2.11 bits per heavy atom. The molecule has 1 aliphatic rings. The fourth-order valence-corrected chi connectivity index (χ4v) is 4.54. The van der Waals surface area contributed by atoms with Crippen LogP contribution in [0.25, 0.3) is 11.0 Å². The van der Waals surface area contributed by atoms with Crippen molar-refractivity contribution < 1.29 is 9.53 Å². The molecule has 1 fully saturated rings. The molecule has 184 valence electrons. The second-order valence-electron chi connectivity index (χ2n) is 8.71. The predicted octanol–water partition coefficient (Wildman–Crippen LogP) is 5.55. The van der Waals surface area contributed by atoms with Crippen molar-refractivity contribution in [2.24, 2.45) is 0 Å². The summed E-state index contributed by atoms with van der Waals surface area (Å²) in [6.45, 7) is 9.91. The Morgan fingerprint density at radius 3 is 2.86 bits per heavy atom. The van der Waals surface area contributed by atoms with Gasteiger partial charge in [0.2, 0.25) is 0 Å². The van der Waals surface area contributed by atoms with Gasteiger partial charge < -0.3 is 20.7 Å². The van der Waals surface area contributed by atoms with Gasteiger partial charge in [0.05, 0.1) is 5.03 Å². The summed E-state index contributed by atoms with van der Waals surface area (Å²) in [4.78, 5) is 18.5. The Kier molecular flexibility index (Phi) is 8.09. The van der Waals surface area contributed by atoms with E-state index in [4.69, 9.17) is 4.74 Å². The smallest absolute Gasteiger partial charge is 0.256 e. The number of H-pyrrole nitrogens is 1. The third-order valence-electron chi connectivity index (χ3n) is 5.74. The lowest BCUT2D eigenvalue weighted by Gasteiger charge is -2.23. The van der Waals surface area contributed by atoms with E-state index in [0.717, 1.165) is 52.6 Å². The molecule has 1 atom stereocenters. The molecule has 1 aliphatic heterocycles. The fraction of sp³-hybridized carbons (Fsp3) is 0.346. The maximum atomic E-state index is 13.0. The van der Waals surface area contributed by atoms with Crippen LogP contribution < -0.4 is 20.7 Å². The van der Waals surface area contributed by atoms with Gasteiger partial charge in [0.15, 0.2) is 11.5 Å². The number of aromatic nitrogens is 3. The van der Waals surface area contributed by atoms with Crippen LogP contribution >= 0.6 is 11.8 Å². The first-order valence-corrected chi connectivity index (χ1v) is 12.6. The second kappa shape index (κ2) is 11.4. The Morgan fingerprint density at radius 1 is 1.26 bits per heavy atom. The van der Waals surface area contributed by atoms with Crippen LogP contribution in [-0.2, 0) is 0 Å². The molecule has 1 aromatic carbocycles. The summed E-state index contributed by atoms with van der Waals surface area (Å²) in [5.74, 6) is 1.72. The highest BCUT2D eigenvalue weighted by molar-refractivity contribution is 8.06. The average molecular weight is 493 g/mol. The SMILES string of the molecule is C/C=C(/C)SC(NC(=O)c1cccc(Oc2ccnc3[nH]nc(NC4CCCNC4)c23)c1)=C(C)C. The number of amides is 1. The number of aromatic amines is 1. The minimum absolute atomic E-state index is 0.182. The number of fused-ring (bicyclic) bond motifs is 1. The summed E-state index contributed by atoms with van der Waals surface area (Å²) in [7, 11) is 0. The van der Waals surface area contributed by atoms with E-state index in [2.05, 4.69) is 31.1 Å². The Bertz CT molecular complexity index is 1260. The number of benzene rings is 1. The number of carbonyl (C=O) groups is 1. The molecule has 3 heterocycles. The standard InChI is InChI=1S/C26H32N6O2S/c1-5-17(4)35-26(16(2)3)30-25(33)18-8-6-10-20(14-18)34-21-11-13-28-23-22(21)24(32-31-23)29-19-9-7-12-27-15-19/h5-6,8,10-11,13-14,19,27H,7,9,12,15H2,1-4H3,(H,30,33)(H2,28,29,31,32)/b17-5-. The van der Waals surface area contributed by atoms with Crippen LogP contribution in [0.15, 0.2) is 58.1 Å². The molecule has 0 spiro atoms. The van der Waals surface area contributed by atoms with Crippen LogP contribution in [0, 0.1) is 0 Å². The molecule has 0 saturated carbocycles. The zero-order valence-corrected chi connectivity index (χ0v) is 21.4. The molecular weight excluding hydrogens is 460 g/mol. The summed E-state index contributed by atoms with van der Waals surface area (Å²) >= 11 is 1.55. The molecule has 1 amide bonds. The number of carbonyl (C=O) groups excluding carboxylic acids is 1. The third kappa shape index (κ3) is 6.23. The van der Waals surface area contributed by atoms with E-state index in [0.29, 0.717) is 28.8 Å². The first kappa shape index (κ1) is 24.8. The lowest BCUT2D eigenvalue weighted by Crippen LogP contribution is -2.38. The molecule has 1 saturated heterocycles. The first-order valence-electron chi connectivity index (χ1n) is 11.8. The summed E-state index contributed by atoms with van der Waals surface area (Å²) in [6.07, 6.45) is 5.90. The van der Waals surface area contributed by atoms with Gasteiger partial charge in [-0.15, -0.1) is 0 Å². The Balaban J connectivity index is 1.54. The number of piperidine rings is 1. The van der Waals surface area contributed by atoms with E-state index >= 15 is 0 Å². The zero-order chi connectivity index (χ0) is 24.8. The maximum absolute atomic E-state index is 13.0. The summed E-state index contributed by atoms with van der Waals surface area (Å²) in [5.41, 5.74) is 2.21. The Hall–Kier alpha value is -3.30. The van der Waals surface area contributed by atoms with Gasteiger partial charge in [-0.2, -0.15) is 5.10 Å². The molecule has 35 heavy (non-hydrogen) atoms. The highest BCUT2D eigenvalue weighted by Gasteiger charge is 2.19. The van der Waals surface area contributed by atoms with Crippen molar-refractivity contribution >= 4 is 34.5 Å². The van der Waals surface area contributed by atoms with Gasteiger partial charge in [0, 0.05) is 30.4 Å². The van der Waals surface area contributed by atoms with E-state index in [1.165, 1.54) is 0 Å². The van der Waals surface area contributed by atoms with Gasteiger partial charge in [-0.25, -0.2) is 4.98 Å². The third-order valence-corrected chi connectivity index (χ3v) is 7.01. The number of hydrogen-bond donors (Lipinski definition) is 4. The van der Waals surface area contributed by atoms with Crippen LogP contribution in [0.2, 0.25) is 0 Å². The van der Waals surface area contributed by atoms with Crippen LogP contribution in [0.3, 0.4) is 0 Å². The minimum Gasteiger partial charge on any atom is -0.456 e. The lowest BCUT2D eigenvalue weighted by molar-refractivity contribution is 0.0968. The number of hydrogen-bond acceptors (Lipinski definition) is 7. The van der Waals surface area contributed by atoms with Crippen molar-refractivity contribution in [3.63, 3.8) is 0 Å². The van der Waals surface area contributed by atoms with Crippen molar-refractivity contribution in [2.75, 3.05) is 18.4 Å². The molecule has 0 radical (unpaired) electrons. The molecule has 0 bridgehead atoms. The van der Waals surface area contributed by atoms with Crippen molar-refractivity contribution in [1.82, 2.24) is 25.8 Å². The van der Waals surface area contributed by atoms with Gasteiger partial charge >= 0.3 is 0 Å². The van der Waals surface area contributed by atoms with Crippen molar-refractivity contribution in [1.29, 1.82) is 0 Å². The molecule has 9 heteroatoms. The number of ether oxygens (including phenoxy) is 1. The van der Waals surface area contributed by atoms with Crippen molar-refractivity contribution in [3.8, 4) is 11.5 Å². The molecule has 8 nitrogen and oxygen atoms in total. The highest BCUT2D eigenvalue weighted by Crippen LogP contribution is 2.34. The van der Waals surface area contributed by atoms with E-state index < -0.39 is 0 Å². The molecule has 4 N–H and O–H groups in total. The number of thioether (sulfide) groups is 1. The van der Waals surface area contributed by atoms with Crippen LogP contribution in [0.4, 0.5) is 5.82 Å². The molecule has 0 aliphatic carbocycles. The summed E-state index contributed by atoms with van der Waals surface area (Å²) in [5, 5.41) is 19.0. The molecule has 1 unspecified atom stereocenters. The molecular formula is C26H32N6O2S. The van der Waals surface area contributed by atoms with Gasteiger partial charge in [-0.05, 0) is 75.8 Å². The Labute approximate surface area is 210 Å². The number of anilines is 1. The van der Waals surface area contributed by atoms with Crippen molar-refractivity contribution in [2.45, 2.75) is 46.6 Å². The highest BCUT2D eigenvalue weighted by atomic mass is 32.2. The number of pyridine rings is 1. The predicted molar refractivity (Wildman–Crippen MR) is 143 cm³/mol.